The molecule has 150 valence electrons. The molecule has 1 unspecified atom stereocenters. The van der Waals surface area contributed by atoms with Gasteiger partial charge in [-0.3, -0.25) is 4.79 Å². The second-order valence-corrected chi connectivity index (χ2v) is 7.86. The van der Waals surface area contributed by atoms with Gasteiger partial charge in [0.05, 0.1) is 13.7 Å². The number of sulfone groups is 1. The first-order valence-corrected chi connectivity index (χ1v) is 10.4. The van der Waals surface area contributed by atoms with Gasteiger partial charge in [0.1, 0.15) is 17.7 Å². The van der Waals surface area contributed by atoms with E-state index >= 15 is 0 Å². The minimum atomic E-state index is -3.16. The van der Waals surface area contributed by atoms with Crippen LogP contribution in [0, 0.1) is 23.7 Å². The Kier molecular flexibility index (Phi) is 9.66. The van der Waals surface area contributed by atoms with E-state index in [-0.39, 0.29) is 24.5 Å². The van der Waals surface area contributed by atoms with Gasteiger partial charge in [0.2, 0.25) is 0 Å². The highest BCUT2D eigenvalue weighted by molar-refractivity contribution is 7.90. The zero-order valence-corrected chi connectivity index (χ0v) is 17.1. The van der Waals surface area contributed by atoms with Crippen LogP contribution in [-0.4, -0.2) is 53.3 Å². The third-order valence-electron chi connectivity index (χ3n) is 3.25. The van der Waals surface area contributed by atoms with Gasteiger partial charge in [-0.05, 0) is 49.1 Å². The number of carbonyl (C=O) groups excluding carboxylic acids is 1. The van der Waals surface area contributed by atoms with Crippen LogP contribution in [0.5, 0.6) is 0 Å². The molecule has 0 aliphatic heterocycles. The summed E-state index contributed by atoms with van der Waals surface area (Å²) in [6.07, 6.45) is 2.44. The highest BCUT2D eigenvalue weighted by atomic mass is 32.2. The van der Waals surface area contributed by atoms with Gasteiger partial charge >= 0.3 is 0 Å². The van der Waals surface area contributed by atoms with Crippen LogP contribution >= 0.6 is 0 Å². The summed E-state index contributed by atoms with van der Waals surface area (Å²) >= 11 is 0. The molecule has 0 spiro atoms. The Morgan fingerprint density at radius 3 is 2.50 bits per heavy atom. The molecule has 0 saturated carbocycles. The lowest BCUT2D eigenvalue weighted by Crippen LogP contribution is -2.19. The molecule has 1 atom stereocenters. The van der Waals surface area contributed by atoms with Gasteiger partial charge in [-0.2, -0.15) is 0 Å². The molecule has 8 heteroatoms. The Morgan fingerprint density at radius 2 is 1.93 bits per heavy atom. The van der Waals surface area contributed by atoms with E-state index in [2.05, 4.69) is 34.3 Å². The standard InChI is InChI=1S/C20H24N2O5S/c1-16(27-14-13-19(26-3)15-28(4,24)25)22-18-11-9-17(10-12-18)7-5-6-8-20(23)21-2/h9-13,16,22H,14-15H2,1-4H3,(H,21,23)/b19-13-. The van der Waals surface area contributed by atoms with Crippen LogP contribution < -0.4 is 10.6 Å². The fourth-order valence-corrected chi connectivity index (χ4v) is 2.68. The molecule has 0 radical (unpaired) electrons. The van der Waals surface area contributed by atoms with Crippen molar-refractivity contribution in [3.05, 3.63) is 41.7 Å². The van der Waals surface area contributed by atoms with Crippen molar-refractivity contribution >= 4 is 21.4 Å². The molecular formula is C20H24N2O5S. The number of carbonyl (C=O) groups is 1. The summed E-state index contributed by atoms with van der Waals surface area (Å²) in [7, 11) is -0.230. The number of ether oxygens (including phenoxy) is 2. The zero-order valence-electron chi connectivity index (χ0n) is 16.3. The quantitative estimate of drug-likeness (QED) is 0.383. The van der Waals surface area contributed by atoms with Crippen LogP contribution in [0.3, 0.4) is 0 Å². The number of hydrogen-bond acceptors (Lipinski definition) is 6. The summed E-state index contributed by atoms with van der Waals surface area (Å²) in [4.78, 5) is 11.0. The van der Waals surface area contributed by atoms with E-state index in [4.69, 9.17) is 9.47 Å². The summed E-state index contributed by atoms with van der Waals surface area (Å²) in [5.41, 5.74) is 1.60. The Hall–Kier alpha value is -2.94. The SMILES string of the molecule is CNC(=O)C#CC#Cc1ccc(NC(C)OC/C=C(/CS(C)(=O)=O)OC)cc1. The minimum Gasteiger partial charge on any atom is -0.500 e. The van der Waals surface area contributed by atoms with Gasteiger partial charge in [-0.1, -0.05) is 5.92 Å². The predicted octanol–water partition coefficient (Wildman–Crippen LogP) is 1.14. The summed E-state index contributed by atoms with van der Waals surface area (Å²) < 4.78 is 33.2. The molecule has 0 aromatic heterocycles. The highest BCUT2D eigenvalue weighted by Gasteiger charge is 2.08. The number of anilines is 1. The number of nitrogens with one attached hydrogen (secondary N) is 2. The van der Waals surface area contributed by atoms with Gasteiger partial charge in [-0.15, -0.1) is 0 Å². The first-order valence-electron chi connectivity index (χ1n) is 8.36. The van der Waals surface area contributed by atoms with Crippen molar-refractivity contribution in [2.45, 2.75) is 13.2 Å². The van der Waals surface area contributed by atoms with Crippen LogP contribution in [0.1, 0.15) is 12.5 Å². The van der Waals surface area contributed by atoms with Crippen LogP contribution in [0.4, 0.5) is 5.69 Å². The van der Waals surface area contributed by atoms with Crippen molar-refractivity contribution in [2.24, 2.45) is 0 Å². The van der Waals surface area contributed by atoms with Gasteiger partial charge < -0.3 is 20.1 Å². The normalized spacial score (nSPS) is 11.9. The summed E-state index contributed by atoms with van der Waals surface area (Å²) in [6, 6.07) is 7.32. The average molecular weight is 404 g/mol. The lowest BCUT2D eigenvalue weighted by Gasteiger charge is -2.15. The fourth-order valence-electron chi connectivity index (χ4n) is 1.93. The molecule has 1 aromatic rings. The molecule has 0 saturated heterocycles. The molecule has 1 aromatic carbocycles. The minimum absolute atomic E-state index is 0.162. The topological polar surface area (TPSA) is 93.7 Å². The number of benzene rings is 1. The van der Waals surface area contributed by atoms with E-state index in [1.165, 1.54) is 14.2 Å². The van der Waals surface area contributed by atoms with Gasteiger partial charge in [0.25, 0.3) is 5.91 Å². The molecule has 7 nitrogen and oxygen atoms in total. The summed E-state index contributed by atoms with van der Waals surface area (Å²) in [5, 5.41) is 5.54. The first kappa shape index (κ1) is 23.1. The smallest absolute Gasteiger partial charge is 0.296 e. The van der Waals surface area contributed by atoms with Gasteiger partial charge in [-0.25, -0.2) is 8.42 Å². The second kappa shape index (κ2) is 11.7. The predicted molar refractivity (Wildman–Crippen MR) is 109 cm³/mol. The molecular weight excluding hydrogens is 380 g/mol. The Morgan fingerprint density at radius 1 is 1.25 bits per heavy atom. The van der Waals surface area contributed by atoms with Crippen LogP contribution in [-0.2, 0) is 24.1 Å². The maximum Gasteiger partial charge on any atom is 0.296 e. The third kappa shape index (κ3) is 10.3. The van der Waals surface area contributed by atoms with E-state index in [1.807, 2.05) is 31.2 Å². The number of rotatable bonds is 8. The maximum atomic E-state index is 11.3. The van der Waals surface area contributed by atoms with Gasteiger partial charge in [0, 0.05) is 30.5 Å². The molecule has 0 aliphatic rings. The monoisotopic (exact) mass is 404 g/mol. The molecule has 1 amide bonds. The Labute approximate surface area is 166 Å². The van der Waals surface area contributed by atoms with Crippen molar-refractivity contribution in [1.29, 1.82) is 0 Å². The Bertz CT molecular complexity index is 913. The lowest BCUT2D eigenvalue weighted by molar-refractivity contribution is -0.115. The van der Waals surface area contributed by atoms with Crippen molar-refractivity contribution in [3.63, 3.8) is 0 Å². The molecule has 0 aliphatic carbocycles. The van der Waals surface area contributed by atoms with Crippen molar-refractivity contribution in [1.82, 2.24) is 5.32 Å². The number of amides is 1. The van der Waals surface area contributed by atoms with Gasteiger partial charge in [0.15, 0.2) is 9.84 Å². The fraction of sp³-hybridized carbons (Fsp3) is 0.350. The zero-order chi connectivity index (χ0) is 21.0. The Balaban J connectivity index is 2.54. The van der Waals surface area contributed by atoms with E-state index < -0.39 is 9.84 Å². The molecule has 28 heavy (non-hydrogen) atoms. The average Bonchev–Trinajstić information content (AvgIpc) is 2.64. The van der Waals surface area contributed by atoms with E-state index in [1.54, 1.807) is 6.08 Å². The van der Waals surface area contributed by atoms with Crippen molar-refractivity contribution < 1.29 is 22.7 Å². The van der Waals surface area contributed by atoms with Crippen molar-refractivity contribution in [3.8, 4) is 23.7 Å². The lowest BCUT2D eigenvalue weighted by atomic mass is 10.2. The first-order chi connectivity index (χ1) is 13.2. The molecule has 1 rings (SSSR count). The summed E-state index contributed by atoms with van der Waals surface area (Å²) in [5.74, 6) is 10.1. The maximum absolute atomic E-state index is 11.3. The van der Waals surface area contributed by atoms with Crippen LogP contribution in [0.15, 0.2) is 36.1 Å². The van der Waals surface area contributed by atoms with Crippen LogP contribution in [0.25, 0.3) is 0 Å². The number of hydrogen-bond donors (Lipinski definition) is 2. The van der Waals surface area contributed by atoms with Crippen LogP contribution in [0.2, 0.25) is 0 Å². The van der Waals surface area contributed by atoms with E-state index in [0.29, 0.717) is 5.76 Å². The molecule has 0 bridgehead atoms. The molecule has 2 N–H and O–H groups in total. The summed E-state index contributed by atoms with van der Waals surface area (Å²) in [6.45, 7) is 2.04. The molecule has 0 fully saturated rings. The highest BCUT2D eigenvalue weighted by Crippen LogP contribution is 2.11. The largest absolute Gasteiger partial charge is 0.500 e. The van der Waals surface area contributed by atoms with E-state index in [0.717, 1.165) is 17.5 Å². The molecule has 0 heterocycles. The van der Waals surface area contributed by atoms with E-state index in [9.17, 15) is 13.2 Å². The third-order valence-corrected chi connectivity index (χ3v) is 4.06. The number of methoxy groups -OCH3 is 1. The second-order valence-electron chi connectivity index (χ2n) is 5.72. The van der Waals surface area contributed by atoms with Crippen molar-refractivity contribution in [2.75, 3.05) is 38.1 Å².